The molecule has 138 valence electrons. The number of nitrogens with one attached hydrogen (secondary N) is 1. The molecule has 4 rings (SSSR count). The first kappa shape index (κ1) is 17.7. The first-order valence-electron chi connectivity index (χ1n) is 8.14. The van der Waals surface area contributed by atoms with Gasteiger partial charge in [0.05, 0.1) is 6.61 Å². The Balaban J connectivity index is 1.64. The number of ether oxygens (including phenoxy) is 1. The number of H-pyrrole nitrogens is 1. The Morgan fingerprint density at radius 3 is 3.00 bits per heavy atom. The number of hydrogen-bond acceptors (Lipinski definition) is 7. The summed E-state index contributed by atoms with van der Waals surface area (Å²) < 4.78 is 25.9. The molecule has 4 aromatic rings. The quantitative estimate of drug-likeness (QED) is 0.365. The van der Waals surface area contributed by atoms with Gasteiger partial charge in [-0.3, -0.25) is 0 Å². The van der Waals surface area contributed by atoms with Crippen LogP contribution in [0.15, 0.2) is 46.2 Å². The predicted molar refractivity (Wildman–Crippen MR) is 101 cm³/mol. The van der Waals surface area contributed by atoms with E-state index in [1.807, 2.05) is 12.1 Å². The SMILES string of the molecule is CCOC(=O)c1sc2cccc(F)c2c1CSc1nnc(-c2ccc[nH]2)o1. The van der Waals surface area contributed by atoms with Crippen molar-refractivity contribution in [2.24, 2.45) is 0 Å². The Morgan fingerprint density at radius 2 is 2.22 bits per heavy atom. The molecule has 3 aromatic heterocycles. The van der Waals surface area contributed by atoms with Crippen molar-refractivity contribution < 1.29 is 18.3 Å². The number of hydrogen-bond donors (Lipinski definition) is 1. The van der Waals surface area contributed by atoms with E-state index in [0.717, 1.165) is 0 Å². The van der Waals surface area contributed by atoms with Crippen LogP contribution in [0, 0.1) is 5.82 Å². The number of carbonyl (C=O) groups is 1. The minimum Gasteiger partial charge on any atom is -0.462 e. The molecular formula is C18H14FN3O3S2. The zero-order valence-electron chi connectivity index (χ0n) is 14.2. The molecule has 0 radical (unpaired) electrons. The number of carbonyl (C=O) groups excluding carboxylic acids is 1. The third-order valence-corrected chi connectivity index (χ3v) is 5.82. The maximum Gasteiger partial charge on any atom is 0.348 e. The van der Waals surface area contributed by atoms with Crippen LogP contribution in [0.4, 0.5) is 4.39 Å². The maximum atomic E-state index is 14.4. The lowest BCUT2D eigenvalue weighted by Gasteiger charge is -2.03. The second-order valence-electron chi connectivity index (χ2n) is 5.49. The minimum atomic E-state index is -0.452. The van der Waals surface area contributed by atoms with Crippen molar-refractivity contribution >= 4 is 39.2 Å². The molecular weight excluding hydrogens is 389 g/mol. The summed E-state index contributed by atoms with van der Waals surface area (Å²) in [4.78, 5) is 15.7. The van der Waals surface area contributed by atoms with Gasteiger partial charge in [0.15, 0.2) is 0 Å². The summed E-state index contributed by atoms with van der Waals surface area (Å²) in [7, 11) is 0. The van der Waals surface area contributed by atoms with E-state index in [4.69, 9.17) is 9.15 Å². The van der Waals surface area contributed by atoms with Gasteiger partial charge in [0.25, 0.3) is 11.1 Å². The zero-order valence-corrected chi connectivity index (χ0v) is 15.8. The predicted octanol–water partition coefficient (Wildman–Crippen LogP) is 4.89. The van der Waals surface area contributed by atoms with Gasteiger partial charge in [-0.15, -0.1) is 21.5 Å². The lowest BCUT2D eigenvalue weighted by Crippen LogP contribution is -2.05. The van der Waals surface area contributed by atoms with Crippen LogP contribution in [-0.2, 0) is 10.5 Å². The zero-order chi connectivity index (χ0) is 18.8. The number of nitrogens with zero attached hydrogens (tertiary/aromatic N) is 2. The molecule has 0 saturated heterocycles. The van der Waals surface area contributed by atoms with E-state index in [1.54, 1.807) is 25.3 Å². The fraction of sp³-hybridized carbons (Fsp3) is 0.167. The van der Waals surface area contributed by atoms with Crippen LogP contribution in [0.1, 0.15) is 22.2 Å². The minimum absolute atomic E-state index is 0.255. The van der Waals surface area contributed by atoms with Crippen LogP contribution in [0.3, 0.4) is 0 Å². The number of halogens is 1. The third kappa shape index (κ3) is 3.47. The first-order valence-corrected chi connectivity index (χ1v) is 9.94. The Labute approximate surface area is 161 Å². The number of benzene rings is 1. The molecule has 9 heteroatoms. The molecule has 0 fully saturated rings. The van der Waals surface area contributed by atoms with E-state index >= 15 is 0 Å². The summed E-state index contributed by atoms with van der Waals surface area (Å²) in [5.41, 5.74) is 1.30. The fourth-order valence-corrected chi connectivity index (χ4v) is 4.65. The second-order valence-corrected chi connectivity index (χ2v) is 7.47. The van der Waals surface area contributed by atoms with Crippen molar-refractivity contribution in [1.82, 2.24) is 15.2 Å². The molecule has 0 saturated carbocycles. The molecule has 0 aliphatic rings. The summed E-state index contributed by atoms with van der Waals surface area (Å²) in [5, 5.41) is 8.77. The molecule has 0 bridgehead atoms. The molecule has 27 heavy (non-hydrogen) atoms. The normalized spacial score (nSPS) is 11.2. The number of aromatic amines is 1. The molecule has 0 amide bonds. The molecule has 1 N–H and O–H groups in total. The van der Waals surface area contributed by atoms with Gasteiger partial charge < -0.3 is 14.1 Å². The van der Waals surface area contributed by atoms with E-state index in [2.05, 4.69) is 15.2 Å². The molecule has 0 atom stereocenters. The second kappa shape index (κ2) is 7.53. The number of esters is 1. The highest BCUT2D eigenvalue weighted by Crippen LogP contribution is 2.37. The standard InChI is InChI=1S/C18H14FN3O3S2/c1-2-24-17(23)15-10(14-11(19)5-3-7-13(14)27-15)9-26-18-22-21-16(25-18)12-6-4-8-20-12/h3-8,20H,2,9H2,1H3. The Kier molecular flexibility index (Phi) is 4.95. The van der Waals surface area contributed by atoms with Crippen LogP contribution in [0.25, 0.3) is 21.7 Å². The van der Waals surface area contributed by atoms with Gasteiger partial charge in [0.1, 0.15) is 16.4 Å². The molecule has 1 aromatic carbocycles. The van der Waals surface area contributed by atoms with Gasteiger partial charge in [-0.05, 0) is 36.8 Å². The lowest BCUT2D eigenvalue weighted by molar-refractivity contribution is 0.0531. The number of aromatic nitrogens is 3. The van der Waals surface area contributed by atoms with Crippen molar-refractivity contribution in [2.45, 2.75) is 17.9 Å². The van der Waals surface area contributed by atoms with Crippen molar-refractivity contribution in [1.29, 1.82) is 0 Å². The van der Waals surface area contributed by atoms with E-state index < -0.39 is 5.97 Å². The third-order valence-electron chi connectivity index (χ3n) is 3.80. The summed E-state index contributed by atoms with van der Waals surface area (Å²) in [6, 6.07) is 8.45. The summed E-state index contributed by atoms with van der Waals surface area (Å²) in [5.74, 6) is -0.144. The van der Waals surface area contributed by atoms with Crippen LogP contribution in [-0.4, -0.2) is 27.8 Å². The molecule has 0 unspecified atom stereocenters. The van der Waals surface area contributed by atoms with Crippen molar-refractivity contribution in [3.05, 3.63) is 52.8 Å². The highest BCUT2D eigenvalue weighted by molar-refractivity contribution is 7.98. The van der Waals surface area contributed by atoms with E-state index in [9.17, 15) is 9.18 Å². The Hall–Kier alpha value is -2.65. The molecule has 6 nitrogen and oxygen atoms in total. The number of fused-ring (bicyclic) bond motifs is 1. The van der Waals surface area contributed by atoms with Gasteiger partial charge in [-0.2, -0.15) is 0 Å². The Bertz CT molecular complexity index is 1090. The van der Waals surface area contributed by atoms with Gasteiger partial charge in [-0.25, -0.2) is 9.18 Å². The number of thioether (sulfide) groups is 1. The van der Waals surface area contributed by atoms with E-state index in [-0.39, 0.29) is 12.4 Å². The fourth-order valence-electron chi connectivity index (χ4n) is 2.64. The van der Waals surface area contributed by atoms with Gasteiger partial charge in [-0.1, -0.05) is 17.8 Å². The van der Waals surface area contributed by atoms with E-state index in [0.29, 0.717) is 43.1 Å². The highest BCUT2D eigenvalue weighted by atomic mass is 32.2. The summed E-state index contributed by atoms with van der Waals surface area (Å²) >= 11 is 2.47. The Morgan fingerprint density at radius 1 is 1.33 bits per heavy atom. The average Bonchev–Trinajstić information content (AvgIpc) is 3.39. The van der Waals surface area contributed by atoms with E-state index in [1.165, 1.54) is 29.2 Å². The first-order chi connectivity index (χ1) is 13.2. The number of rotatable bonds is 6. The van der Waals surface area contributed by atoms with Crippen LogP contribution in [0.5, 0.6) is 0 Å². The number of thiophene rings is 1. The molecule has 3 heterocycles. The summed E-state index contributed by atoms with van der Waals surface area (Å²) in [6.45, 7) is 1.99. The molecule has 0 spiro atoms. The van der Waals surface area contributed by atoms with Crippen molar-refractivity contribution in [3.63, 3.8) is 0 Å². The maximum absolute atomic E-state index is 14.4. The van der Waals surface area contributed by atoms with Crippen LogP contribution < -0.4 is 0 Å². The molecule has 0 aliphatic carbocycles. The van der Waals surface area contributed by atoms with Crippen LogP contribution >= 0.6 is 23.1 Å². The van der Waals surface area contributed by atoms with Crippen LogP contribution in [0.2, 0.25) is 0 Å². The van der Waals surface area contributed by atoms with Gasteiger partial charge in [0, 0.05) is 22.0 Å². The van der Waals surface area contributed by atoms with Gasteiger partial charge >= 0.3 is 5.97 Å². The van der Waals surface area contributed by atoms with Crippen molar-refractivity contribution in [2.75, 3.05) is 6.61 Å². The monoisotopic (exact) mass is 403 g/mol. The highest BCUT2D eigenvalue weighted by Gasteiger charge is 2.22. The largest absolute Gasteiger partial charge is 0.462 e. The van der Waals surface area contributed by atoms with Gasteiger partial charge in [0.2, 0.25) is 0 Å². The van der Waals surface area contributed by atoms with Crippen molar-refractivity contribution in [3.8, 4) is 11.6 Å². The average molecular weight is 403 g/mol. The molecule has 0 aliphatic heterocycles. The smallest absolute Gasteiger partial charge is 0.348 e. The topological polar surface area (TPSA) is 81.0 Å². The summed E-state index contributed by atoms with van der Waals surface area (Å²) in [6.07, 6.45) is 1.76. The lowest BCUT2D eigenvalue weighted by atomic mass is 10.1.